The van der Waals surface area contributed by atoms with Crippen molar-refractivity contribution in [2.45, 2.75) is 19.6 Å². The van der Waals surface area contributed by atoms with Gasteiger partial charge in [-0.15, -0.1) is 0 Å². The van der Waals surface area contributed by atoms with Gasteiger partial charge < -0.3 is 9.84 Å². The molecule has 0 aliphatic rings. The first-order valence-corrected chi connectivity index (χ1v) is 4.67. The zero-order chi connectivity index (χ0) is 11.4. The van der Waals surface area contributed by atoms with Crippen LogP contribution in [0.2, 0.25) is 5.02 Å². The third-order valence-electron chi connectivity index (χ3n) is 1.84. The largest absolute Gasteiger partial charge is 0.479 e. The molecule has 0 aliphatic carbocycles. The molecule has 0 saturated heterocycles. The van der Waals surface area contributed by atoms with E-state index in [-0.39, 0.29) is 6.61 Å². The predicted molar refractivity (Wildman–Crippen MR) is 53.3 cm³/mol. The SMILES string of the molecule is C[C@H](OCc1cc(F)ccc1Cl)C(=O)O. The van der Waals surface area contributed by atoms with Gasteiger partial charge in [0.25, 0.3) is 0 Å². The Morgan fingerprint density at radius 1 is 1.67 bits per heavy atom. The molecule has 0 unspecified atom stereocenters. The number of benzene rings is 1. The molecular formula is C10H10ClFO3. The smallest absolute Gasteiger partial charge is 0.332 e. The molecule has 0 aromatic heterocycles. The van der Waals surface area contributed by atoms with Crippen LogP contribution in [-0.2, 0) is 16.1 Å². The van der Waals surface area contributed by atoms with Crippen molar-refractivity contribution in [3.63, 3.8) is 0 Å². The molecule has 0 heterocycles. The summed E-state index contributed by atoms with van der Waals surface area (Å²) in [4.78, 5) is 10.4. The lowest BCUT2D eigenvalue weighted by Gasteiger charge is -2.09. The number of carbonyl (C=O) groups is 1. The van der Waals surface area contributed by atoms with Crippen LogP contribution in [0.5, 0.6) is 0 Å². The van der Waals surface area contributed by atoms with E-state index < -0.39 is 17.9 Å². The van der Waals surface area contributed by atoms with Crippen molar-refractivity contribution >= 4 is 17.6 Å². The Hall–Kier alpha value is -1.13. The normalized spacial score (nSPS) is 12.5. The van der Waals surface area contributed by atoms with Crippen molar-refractivity contribution in [3.8, 4) is 0 Å². The second-order valence-corrected chi connectivity index (χ2v) is 3.43. The summed E-state index contributed by atoms with van der Waals surface area (Å²) >= 11 is 5.77. The maximum atomic E-state index is 12.8. The van der Waals surface area contributed by atoms with Gasteiger partial charge in [0, 0.05) is 5.02 Å². The molecule has 3 nitrogen and oxygen atoms in total. The van der Waals surface area contributed by atoms with Crippen LogP contribution in [0, 0.1) is 5.82 Å². The molecule has 1 aromatic rings. The molecule has 0 radical (unpaired) electrons. The minimum Gasteiger partial charge on any atom is -0.479 e. The van der Waals surface area contributed by atoms with Crippen LogP contribution in [0.25, 0.3) is 0 Å². The van der Waals surface area contributed by atoms with Crippen LogP contribution >= 0.6 is 11.6 Å². The molecule has 0 amide bonds. The number of aliphatic carboxylic acids is 1. The van der Waals surface area contributed by atoms with E-state index in [0.29, 0.717) is 10.6 Å². The van der Waals surface area contributed by atoms with Gasteiger partial charge in [-0.25, -0.2) is 9.18 Å². The minimum atomic E-state index is -1.07. The molecule has 1 atom stereocenters. The van der Waals surface area contributed by atoms with E-state index in [2.05, 4.69) is 0 Å². The molecule has 1 aromatic carbocycles. The fourth-order valence-corrected chi connectivity index (χ4v) is 1.11. The zero-order valence-electron chi connectivity index (χ0n) is 8.04. The topological polar surface area (TPSA) is 46.5 Å². The predicted octanol–water partition coefficient (Wildman–Crippen LogP) is 2.47. The number of carboxylic acid groups (broad SMARTS) is 1. The third kappa shape index (κ3) is 3.49. The average molecular weight is 233 g/mol. The van der Waals surface area contributed by atoms with Gasteiger partial charge in [0.15, 0.2) is 6.10 Å². The van der Waals surface area contributed by atoms with Crippen LogP contribution in [0.15, 0.2) is 18.2 Å². The van der Waals surface area contributed by atoms with Crippen LogP contribution in [0.3, 0.4) is 0 Å². The summed E-state index contributed by atoms with van der Waals surface area (Å²) in [5, 5.41) is 8.91. The van der Waals surface area contributed by atoms with E-state index in [9.17, 15) is 9.18 Å². The van der Waals surface area contributed by atoms with Crippen LogP contribution in [0.4, 0.5) is 4.39 Å². The monoisotopic (exact) mass is 232 g/mol. The Morgan fingerprint density at radius 2 is 2.33 bits per heavy atom. The number of hydrogen-bond acceptors (Lipinski definition) is 2. The van der Waals surface area contributed by atoms with Gasteiger partial charge in [0.1, 0.15) is 5.82 Å². The Balaban J connectivity index is 2.65. The standard InChI is InChI=1S/C10H10ClFO3/c1-6(10(13)14)15-5-7-4-8(12)2-3-9(7)11/h2-4,6H,5H2,1H3,(H,13,14)/t6-/m0/s1. The maximum absolute atomic E-state index is 12.8. The third-order valence-corrected chi connectivity index (χ3v) is 2.21. The van der Waals surface area contributed by atoms with Crippen molar-refractivity contribution in [2.75, 3.05) is 0 Å². The minimum absolute atomic E-state index is 0.0237. The average Bonchev–Trinajstić information content (AvgIpc) is 2.18. The zero-order valence-corrected chi connectivity index (χ0v) is 8.79. The van der Waals surface area contributed by atoms with Gasteiger partial charge >= 0.3 is 5.97 Å². The van der Waals surface area contributed by atoms with E-state index >= 15 is 0 Å². The Kier molecular flexibility index (Phi) is 4.05. The van der Waals surface area contributed by atoms with Gasteiger partial charge in [-0.3, -0.25) is 0 Å². The number of ether oxygens (including phenoxy) is 1. The van der Waals surface area contributed by atoms with Crippen LogP contribution < -0.4 is 0 Å². The lowest BCUT2D eigenvalue weighted by Crippen LogP contribution is -2.19. The second-order valence-electron chi connectivity index (χ2n) is 3.03. The number of carboxylic acids is 1. The Morgan fingerprint density at radius 3 is 2.93 bits per heavy atom. The van der Waals surface area contributed by atoms with Gasteiger partial charge in [-0.1, -0.05) is 11.6 Å². The first-order valence-electron chi connectivity index (χ1n) is 4.29. The highest BCUT2D eigenvalue weighted by atomic mass is 35.5. The molecule has 1 N–H and O–H groups in total. The van der Waals surface area contributed by atoms with E-state index in [1.165, 1.54) is 25.1 Å². The van der Waals surface area contributed by atoms with Gasteiger partial charge in [-0.05, 0) is 30.7 Å². The summed E-state index contributed by atoms with van der Waals surface area (Å²) < 4.78 is 17.8. The number of rotatable bonds is 4. The molecule has 0 saturated carbocycles. The molecule has 5 heteroatoms. The van der Waals surface area contributed by atoms with Crippen molar-refractivity contribution in [1.29, 1.82) is 0 Å². The lowest BCUT2D eigenvalue weighted by molar-refractivity contribution is -0.149. The fourth-order valence-electron chi connectivity index (χ4n) is 0.940. The first-order chi connectivity index (χ1) is 7.00. The molecule has 0 aliphatic heterocycles. The van der Waals surface area contributed by atoms with E-state index in [1.807, 2.05) is 0 Å². The molecule has 0 bridgehead atoms. The van der Waals surface area contributed by atoms with Gasteiger partial charge in [0.2, 0.25) is 0 Å². The first kappa shape index (κ1) is 11.9. The Labute approximate surface area is 91.4 Å². The van der Waals surface area contributed by atoms with Crippen LogP contribution in [0.1, 0.15) is 12.5 Å². The number of halogens is 2. The maximum Gasteiger partial charge on any atom is 0.332 e. The van der Waals surface area contributed by atoms with Crippen LogP contribution in [-0.4, -0.2) is 17.2 Å². The molecular weight excluding hydrogens is 223 g/mol. The highest BCUT2D eigenvalue weighted by Crippen LogP contribution is 2.18. The summed E-state index contributed by atoms with van der Waals surface area (Å²) in [7, 11) is 0. The molecule has 0 fully saturated rings. The summed E-state index contributed by atoms with van der Waals surface area (Å²) in [6, 6.07) is 3.85. The van der Waals surface area contributed by atoms with Gasteiger partial charge in [0.05, 0.1) is 6.61 Å². The van der Waals surface area contributed by atoms with Crippen molar-refractivity contribution in [3.05, 3.63) is 34.6 Å². The van der Waals surface area contributed by atoms with E-state index in [4.69, 9.17) is 21.4 Å². The van der Waals surface area contributed by atoms with Crippen molar-refractivity contribution < 1.29 is 19.0 Å². The molecule has 15 heavy (non-hydrogen) atoms. The van der Waals surface area contributed by atoms with E-state index in [0.717, 1.165) is 0 Å². The quantitative estimate of drug-likeness (QED) is 0.868. The number of hydrogen-bond donors (Lipinski definition) is 1. The summed E-state index contributed by atoms with van der Waals surface area (Å²) in [6.45, 7) is 1.37. The Bertz CT molecular complexity index is 368. The van der Waals surface area contributed by atoms with Crippen molar-refractivity contribution in [2.24, 2.45) is 0 Å². The van der Waals surface area contributed by atoms with Gasteiger partial charge in [-0.2, -0.15) is 0 Å². The molecule has 1 rings (SSSR count). The van der Waals surface area contributed by atoms with E-state index in [1.54, 1.807) is 0 Å². The summed E-state index contributed by atoms with van der Waals surface area (Å²) in [5.41, 5.74) is 0.435. The fraction of sp³-hybridized carbons (Fsp3) is 0.300. The molecule has 0 spiro atoms. The lowest BCUT2D eigenvalue weighted by atomic mass is 10.2. The summed E-state index contributed by atoms with van der Waals surface area (Å²) in [5.74, 6) is -1.50. The highest BCUT2D eigenvalue weighted by Gasteiger charge is 2.12. The van der Waals surface area contributed by atoms with Crippen molar-refractivity contribution in [1.82, 2.24) is 0 Å². The second kappa shape index (κ2) is 5.09. The molecule has 82 valence electrons. The highest BCUT2D eigenvalue weighted by molar-refractivity contribution is 6.31. The summed E-state index contributed by atoms with van der Waals surface area (Å²) in [6.07, 6.45) is -0.940.